The third-order valence-corrected chi connectivity index (χ3v) is 4.69. The van der Waals surface area contributed by atoms with E-state index in [9.17, 15) is 4.79 Å². The molecule has 0 aliphatic heterocycles. The topological polar surface area (TPSA) is 84.2 Å². The van der Waals surface area contributed by atoms with Crippen molar-refractivity contribution in [1.29, 1.82) is 0 Å². The first-order valence-electron chi connectivity index (χ1n) is 9.36. The van der Waals surface area contributed by atoms with Crippen LogP contribution in [-0.2, 0) is 0 Å². The first-order chi connectivity index (χ1) is 13.1. The maximum absolute atomic E-state index is 11.6. The highest BCUT2D eigenvalue weighted by molar-refractivity contribution is 6.04. The van der Waals surface area contributed by atoms with Gasteiger partial charge in [0.2, 0.25) is 0 Å². The molecule has 0 bridgehead atoms. The monoisotopic (exact) mass is 366 g/mol. The number of carbonyl (C=O) groups excluding carboxylic acids is 1. The van der Waals surface area contributed by atoms with Crippen molar-refractivity contribution in [2.45, 2.75) is 20.3 Å². The molecule has 2 aromatic carbocycles. The Bertz CT molecular complexity index is 898. The van der Waals surface area contributed by atoms with Gasteiger partial charge in [-0.2, -0.15) is 0 Å². The first kappa shape index (κ1) is 18.9. The van der Waals surface area contributed by atoms with E-state index in [-0.39, 0.29) is 0 Å². The van der Waals surface area contributed by atoms with Gasteiger partial charge in [0.15, 0.2) is 0 Å². The average Bonchev–Trinajstić information content (AvgIpc) is 3.12. The fourth-order valence-corrected chi connectivity index (χ4v) is 3.09. The summed E-state index contributed by atoms with van der Waals surface area (Å²) in [5.41, 5.74) is 8.16. The van der Waals surface area contributed by atoms with E-state index in [0.29, 0.717) is 23.5 Å². The lowest BCUT2D eigenvalue weighted by molar-refractivity contribution is 0.100. The number of amides is 1. The van der Waals surface area contributed by atoms with Crippen molar-refractivity contribution in [3.63, 3.8) is 0 Å². The van der Waals surface area contributed by atoms with E-state index in [4.69, 9.17) is 10.5 Å². The summed E-state index contributed by atoms with van der Waals surface area (Å²) in [5, 5.41) is 0. The maximum atomic E-state index is 11.6. The number of ether oxygens (including phenoxy) is 1. The van der Waals surface area contributed by atoms with Gasteiger partial charge in [0.1, 0.15) is 17.1 Å². The lowest BCUT2D eigenvalue weighted by atomic mass is 10.2. The van der Waals surface area contributed by atoms with E-state index < -0.39 is 5.91 Å². The number of primary amides is 1. The maximum Gasteiger partial charge on any atom is 0.250 e. The van der Waals surface area contributed by atoms with Crippen LogP contribution >= 0.6 is 0 Å². The summed E-state index contributed by atoms with van der Waals surface area (Å²) in [6.45, 7) is 8.23. The molecular formula is C21H26N4O2. The van der Waals surface area contributed by atoms with Gasteiger partial charge in [0, 0.05) is 12.1 Å². The number of para-hydroxylation sites is 1. The Hall–Kier alpha value is -2.86. The van der Waals surface area contributed by atoms with Crippen LogP contribution in [0.3, 0.4) is 0 Å². The number of rotatable bonds is 9. The van der Waals surface area contributed by atoms with Crippen molar-refractivity contribution in [1.82, 2.24) is 14.9 Å². The highest BCUT2D eigenvalue weighted by Gasteiger charge is 2.12. The van der Waals surface area contributed by atoms with Crippen molar-refractivity contribution in [3.8, 4) is 17.1 Å². The molecule has 0 saturated heterocycles. The van der Waals surface area contributed by atoms with Gasteiger partial charge in [-0.25, -0.2) is 4.98 Å². The number of imidazole rings is 1. The van der Waals surface area contributed by atoms with Gasteiger partial charge in [0.25, 0.3) is 5.91 Å². The number of carbonyl (C=O) groups is 1. The zero-order valence-corrected chi connectivity index (χ0v) is 15.9. The molecule has 0 fully saturated rings. The minimum absolute atomic E-state index is 0.420. The van der Waals surface area contributed by atoms with Crippen molar-refractivity contribution < 1.29 is 9.53 Å². The Kier molecular flexibility index (Phi) is 6.08. The number of nitrogens with zero attached hydrogens (tertiary/aromatic N) is 2. The fourth-order valence-electron chi connectivity index (χ4n) is 3.09. The van der Waals surface area contributed by atoms with Crippen LogP contribution in [0.1, 0.15) is 30.6 Å². The summed E-state index contributed by atoms with van der Waals surface area (Å²) >= 11 is 0. The van der Waals surface area contributed by atoms with Gasteiger partial charge in [-0.3, -0.25) is 4.79 Å². The zero-order chi connectivity index (χ0) is 19.2. The molecule has 1 amide bonds. The van der Waals surface area contributed by atoms with E-state index in [2.05, 4.69) is 28.7 Å². The second kappa shape index (κ2) is 8.68. The summed E-state index contributed by atoms with van der Waals surface area (Å²) in [6.07, 6.45) is 1.00. The smallest absolute Gasteiger partial charge is 0.250 e. The highest BCUT2D eigenvalue weighted by Crippen LogP contribution is 2.24. The highest BCUT2D eigenvalue weighted by atomic mass is 16.5. The van der Waals surface area contributed by atoms with Crippen molar-refractivity contribution >= 4 is 16.9 Å². The molecule has 3 aromatic rings. The molecule has 1 heterocycles. The predicted octanol–water partition coefficient (Wildman–Crippen LogP) is 3.44. The van der Waals surface area contributed by atoms with Gasteiger partial charge < -0.3 is 20.4 Å². The zero-order valence-electron chi connectivity index (χ0n) is 15.9. The standard InChI is InChI=1S/C21H26N4O2/c1-3-25(4-2)13-6-14-27-16-11-9-15(10-12-16)21-23-18-8-5-7-17(20(22)26)19(18)24-21/h5,7-12H,3-4,6,13-14H2,1-2H3,(H2,22,26)(H,23,24). The van der Waals surface area contributed by atoms with Crippen LogP contribution in [0.2, 0.25) is 0 Å². The summed E-state index contributed by atoms with van der Waals surface area (Å²) in [4.78, 5) is 21.7. The van der Waals surface area contributed by atoms with Gasteiger partial charge in [-0.1, -0.05) is 19.9 Å². The van der Waals surface area contributed by atoms with Crippen LogP contribution in [0.4, 0.5) is 0 Å². The van der Waals surface area contributed by atoms with Crippen LogP contribution < -0.4 is 10.5 Å². The lowest BCUT2D eigenvalue weighted by Gasteiger charge is -2.17. The average molecular weight is 366 g/mol. The van der Waals surface area contributed by atoms with Crippen molar-refractivity contribution in [2.75, 3.05) is 26.2 Å². The van der Waals surface area contributed by atoms with E-state index >= 15 is 0 Å². The Morgan fingerprint density at radius 2 is 1.89 bits per heavy atom. The molecule has 0 aliphatic carbocycles. The molecule has 0 atom stereocenters. The minimum Gasteiger partial charge on any atom is -0.494 e. The van der Waals surface area contributed by atoms with Crippen molar-refractivity contribution in [3.05, 3.63) is 48.0 Å². The predicted molar refractivity (Wildman–Crippen MR) is 108 cm³/mol. The summed E-state index contributed by atoms with van der Waals surface area (Å²) in [6, 6.07) is 13.2. The van der Waals surface area contributed by atoms with E-state index in [0.717, 1.165) is 42.9 Å². The van der Waals surface area contributed by atoms with Gasteiger partial charge in [-0.05, 0) is 55.9 Å². The Morgan fingerprint density at radius 1 is 1.15 bits per heavy atom. The molecule has 3 rings (SSSR count). The molecule has 6 nitrogen and oxygen atoms in total. The second-order valence-corrected chi connectivity index (χ2v) is 6.40. The van der Waals surface area contributed by atoms with Crippen LogP contribution in [0.25, 0.3) is 22.4 Å². The Balaban J connectivity index is 1.66. The SMILES string of the molecule is CCN(CC)CCCOc1ccc(-c2nc3c(C(N)=O)cccc3[nH]2)cc1. The number of fused-ring (bicyclic) bond motifs is 1. The molecule has 1 aromatic heterocycles. The van der Waals surface area contributed by atoms with E-state index in [1.807, 2.05) is 30.3 Å². The largest absolute Gasteiger partial charge is 0.494 e. The van der Waals surface area contributed by atoms with Crippen LogP contribution in [0.5, 0.6) is 5.75 Å². The quantitative estimate of drug-likeness (QED) is 0.568. The summed E-state index contributed by atoms with van der Waals surface area (Å²) < 4.78 is 5.83. The second-order valence-electron chi connectivity index (χ2n) is 6.40. The number of hydrogen-bond donors (Lipinski definition) is 2. The number of aromatic nitrogens is 2. The Labute approximate surface area is 159 Å². The number of aromatic amines is 1. The van der Waals surface area contributed by atoms with Crippen LogP contribution in [0.15, 0.2) is 42.5 Å². The molecule has 6 heteroatoms. The fraction of sp³-hybridized carbons (Fsp3) is 0.333. The van der Waals surface area contributed by atoms with Crippen LogP contribution in [-0.4, -0.2) is 47.0 Å². The molecule has 0 saturated carbocycles. The molecule has 27 heavy (non-hydrogen) atoms. The number of nitrogens with one attached hydrogen (secondary N) is 1. The molecular weight excluding hydrogens is 340 g/mol. The molecule has 0 aliphatic rings. The lowest BCUT2D eigenvalue weighted by Crippen LogP contribution is -2.25. The Morgan fingerprint density at radius 3 is 2.56 bits per heavy atom. The van der Waals surface area contributed by atoms with E-state index in [1.54, 1.807) is 12.1 Å². The number of benzene rings is 2. The number of H-pyrrole nitrogens is 1. The van der Waals surface area contributed by atoms with E-state index in [1.165, 1.54) is 0 Å². The van der Waals surface area contributed by atoms with Gasteiger partial charge in [0.05, 0.1) is 17.7 Å². The van der Waals surface area contributed by atoms with Gasteiger partial charge >= 0.3 is 0 Å². The normalized spacial score (nSPS) is 11.2. The van der Waals surface area contributed by atoms with Crippen molar-refractivity contribution in [2.24, 2.45) is 5.73 Å². The molecule has 0 radical (unpaired) electrons. The molecule has 3 N–H and O–H groups in total. The number of nitrogens with two attached hydrogens (primary N) is 1. The van der Waals surface area contributed by atoms with Gasteiger partial charge in [-0.15, -0.1) is 0 Å². The number of hydrogen-bond acceptors (Lipinski definition) is 4. The third-order valence-electron chi connectivity index (χ3n) is 4.69. The first-order valence-corrected chi connectivity index (χ1v) is 9.36. The molecule has 0 unspecified atom stereocenters. The molecule has 0 spiro atoms. The molecule has 142 valence electrons. The van der Waals surface area contributed by atoms with Crippen LogP contribution in [0, 0.1) is 0 Å². The third kappa shape index (κ3) is 4.46. The summed E-state index contributed by atoms with van der Waals surface area (Å²) in [7, 11) is 0. The minimum atomic E-state index is -0.480. The summed E-state index contributed by atoms with van der Waals surface area (Å²) in [5.74, 6) is 1.06.